The van der Waals surface area contributed by atoms with Gasteiger partial charge in [-0.1, -0.05) is 6.07 Å². The summed E-state index contributed by atoms with van der Waals surface area (Å²) < 4.78 is 13.6. The molecule has 0 radical (unpaired) electrons. The Labute approximate surface area is 164 Å². The van der Waals surface area contributed by atoms with E-state index in [4.69, 9.17) is 0 Å². The molecule has 1 N–H and O–H groups in total. The number of nitrogens with one attached hydrogen (secondary N) is 1. The first-order valence-electron chi connectivity index (χ1n) is 8.56. The minimum absolute atomic E-state index is 0.0273. The fraction of sp³-hybridized carbons (Fsp3) is 0.368. The maximum Gasteiger partial charge on any atom is 0.223 e. The lowest BCUT2D eigenvalue weighted by Crippen LogP contribution is -2.36. The largest absolute Gasteiger partial charge is 0.356 e. The highest BCUT2D eigenvalue weighted by Crippen LogP contribution is 2.24. The van der Waals surface area contributed by atoms with Crippen LogP contribution in [0.25, 0.3) is 0 Å². The SMILES string of the molecule is O=C(CCC(=O)N1CCc2sccc2C1)NCCc1ccc(F)c(Br)c1. The van der Waals surface area contributed by atoms with Crippen molar-refractivity contribution in [1.82, 2.24) is 10.2 Å². The summed E-state index contributed by atoms with van der Waals surface area (Å²) in [5.74, 6) is -0.407. The van der Waals surface area contributed by atoms with E-state index in [1.807, 2.05) is 4.90 Å². The Morgan fingerprint density at radius 2 is 2.12 bits per heavy atom. The van der Waals surface area contributed by atoms with Crippen molar-refractivity contribution in [2.24, 2.45) is 0 Å². The fourth-order valence-corrected chi connectivity index (χ4v) is 4.29. The molecule has 4 nitrogen and oxygen atoms in total. The maximum atomic E-state index is 13.2. The number of halogens is 2. The lowest BCUT2D eigenvalue weighted by Gasteiger charge is -2.27. The van der Waals surface area contributed by atoms with Gasteiger partial charge in [0.25, 0.3) is 0 Å². The number of rotatable bonds is 6. The van der Waals surface area contributed by atoms with E-state index in [9.17, 15) is 14.0 Å². The zero-order valence-corrected chi connectivity index (χ0v) is 16.7. The first-order chi connectivity index (χ1) is 12.5. The number of amides is 2. The Bertz CT molecular complexity index is 809. The number of carbonyl (C=O) groups excluding carboxylic acids is 2. The van der Waals surface area contributed by atoms with Crippen LogP contribution in [0, 0.1) is 5.82 Å². The summed E-state index contributed by atoms with van der Waals surface area (Å²) in [4.78, 5) is 27.4. The van der Waals surface area contributed by atoms with Gasteiger partial charge in [-0.2, -0.15) is 0 Å². The second-order valence-electron chi connectivity index (χ2n) is 6.28. The number of carbonyl (C=O) groups is 2. The van der Waals surface area contributed by atoms with Crippen LogP contribution < -0.4 is 5.32 Å². The lowest BCUT2D eigenvalue weighted by molar-refractivity contribution is -0.134. The molecule has 2 aromatic rings. The quantitative estimate of drug-likeness (QED) is 0.747. The average Bonchev–Trinajstić information content (AvgIpc) is 3.10. The van der Waals surface area contributed by atoms with Gasteiger partial charge in [0.05, 0.1) is 4.47 Å². The van der Waals surface area contributed by atoms with Crippen LogP contribution in [-0.2, 0) is 29.0 Å². The lowest BCUT2D eigenvalue weighted by atomic mass is 10.1. The van der Waals surface area contributed by atoms with Crippen molar-refractivity contribution in [2.45, 2.75) is 32.2 Å². The second kappa shape index (κ2) is 8.77. The van der Waals surface area contributed by atoms with E-state index < -0.39 is 0 Å². The summed E-state index contributed by atoms with van der Waals surface area (Å²) in [6.45, 7) is 1.85. The topological polar surface area (TPSA) is 49.4 Å². The third-order valence-electron chi connectivity index (χ3n) is 4.45. The van der Waals surface area contributed by atoms with Crippen molar-refractivity contribution >= 4 is 39.1 Å². The van der Waals surface area contributed by atoms with Gasteiger partial charge in [-0.15, -0.1) is 11.3 Å². The van der Waals surface area contributed by atoms with Crippen LogP contribution in [-0.4, -0.2) is 29.8 Å². The van der Waals surface area contributed by atoms with E-state index in [0.717, 1.165) is 18.5 Å². The van der Waals surface area contributed by atoms with Crippen molar-refractivity contribution in [3.8, 4) is 0 Å². The first-order valence-corrected chi connectivity index (χ1v) is 10.2. The second-order valence-corrected chi connectivity index (χ2v) is 8.14. The van der Waals surface area contributed by atoms with Crippen LogP contribution in [0.5, 0.6) is 0 Å². The van der Waals surface area contributed by atoms with Gasteiger partial charge in [0.15, 0.2) is 0 Å². The van der Waals surface area contributed by atoms with E-state index >= 15 is 0 Å². The number of benzene rings is 1. The van der Waals surface area contributed by atoms with E-state index in [1.54, 1.807) is 23.5 Å². The predicted octanol–water partition coefficient (Wildman–Crippen LogP) is 3.67. The van der Waals surface area contributed by atoms with Crippen molar-refractivity contribution in [3.63, 3.8) is 0 Å². The molecule has 3 rings (SSSR count). The summed E-state index contributed by atoms with van der Waals surface area (Å²) in [7, 11) is 0. The summed E-state index contributed by atoms with van der Waals surface area (Å²) in [6, 6.07) is 6.88. The molecule has 0 unspecified atom stereocenters. The molecule has 0 bridgehead atoms. The van der Waals surface area contributed by atoms with Crippen molar-refractivity contribution in [1.29, 1.82) is 0 Å². The molecule has 1 aliphatic rings. The van der Waals surface area contributed by atoms with Crippen molar-refractivity contribution in [3.05, 3.63) is 55.9 Å². The Morgan fingerprint density at radius 1 is 1.27 bits per heavy atom. The molecule has 1 aromatic heterocycles. The molecule has 0 saturated carbocycles. The van der Waals surface area contributed by atoms with Crippen molar-refractivity contribution in [2.75, 3.05) is 13.1 Å². The zero-order chi connectivity index (χ0) is 18.5. The Morgan fingerprint density at radius 3 is 2.92 bits per heavy atom. The Balaban J connectivity index is 1.37. The minimum Gasteiger partial charge on any atom is -0.356 e. The van der Waals surface area contributed by atoms with Gasteiger partial charge in [-0.25, -0.2) is 4.39 Å². The summed E-state index contributed by atoms with van der Waals surface area (Å²) >= 11 is 4.89. The van der Waals surface area contributed by atoms with Crippen LogP contribution in [0.1, 0.15) is 28.8 Å². The van der Waals surface area contributed by atoms with Crippen molar-refractivity contribution < 1.29 is 14.0 Å². The number of nitrogens with zero attached hydrogens (tertiary/aromatic N) is 1. The van der Waals surface area contributed by atoms with E-state index in [0.29, 0.717) is 24.0 Å². The highest BCUT2D eigenvalue weighted by molar-refractivity contribution is 9.10. The summed E-state index contributed by atoms with van der Waals surface area (Å²) in [5.41, 5.74) is 2.17. The molecule has 2 amide bonds. The van der Waals surface area contributed by atoms with E-state index in [2.05, 4.69) is 32.7 Å². The molecular formula is C19H20BrFN2O2S. The van der Waals surface area contributed by atoms with Gasteiger partial charge < -0.3 is 10.2 Å². The molecule has 2 heterocycles. The number of hydrogen-bond acceptors (Lipinski definition) is 3. The van der Waals surface area contributed by atoms with Crippen LogP contribution in [0.3, 0.4) is 0 Å². The smallest absolute Gasteiger partial charge is 0.223 e. The molecule has 0 spiro atoms. The number of fused-ring (bicyclic) bond motifs is 1. The van der Waals surface area contributed by atoms with Gasteiger partial charge in [-0.05, 0) is 63.5 Å². The third kappa shape index (κ3) is 4.92. The Kier molecular flexibility index (Phi) is 6.43. The Hall–Kier alpha value is -1.73. The normalized spacial score (nSPS) is 13.4. The summed E-state index contributed by atoms with van der Waals surface area (Å²) in [5, 5.41) is 4.88. The van der Waals surface area contributed by atoms with Crippen LogP contribution in [0.15, 0.2) is 34.1 Å². The predicted molar refractivity (Wildman–Crippen MR) is 103 cm³/mol. The molecule has 1 aliphatic heterocycles. The van der Waals surface area contributed by atoms with E-state index in [-0.39, 0.29) is 30.5 Å². The van der Waals surface area contributed by atoms with Gasteiger partial charge in [0.2, 0.25) is 11.8 Å². The van der Waals surface area contributed by atoms with Gasteiger partial charge >= 0.3 is 0 Å². The maximum absolute atomic E-state index is 13.2. The molecule has 26 heavy (non-hydrogen) atoms. The monoisotopic (exact) mass is 438 g/mol. The average molecular weight is 439 g/mol. The molecule has 0 saturated heterocycles. The molecule has 7 heteroatoms. The van der Waals surface area contributed by atoms with Gasteiger partial charge in [0.1, 0.15) is 5.82 Å². The molecule has 1 aromatic carbocycles. The highest BCUT2D eigenvalue weighted by atomic mass is 79.9. The zero-order valence-electron chi connectivity index (χ0n) is 14.3. The molecule has 0 aliphatic carbocycles. The molecule has 138 valence electrons. The standard InChI is InChI=1S/C19H20BrFN2O2S/c20-15-11-13(1-2-16(15)21)5-8-22-18(24)3-4-19(25)23-9-6-17-14(12-23)7-10-26-17/h1-2,7,10-11H,3-6,8-9,12H2,(H,22,24). The fourth-order valence-electron chi connectivity index (χ4n) is 2.97. The van der Waals surface area contributed by atoms with Gasteiger partial charge in [0, 0.05) is 37.4 Å². The third-order valence-corrected chi connectivity index (χ3v) is 6.08. The van der Waals surface area contributed by atoms with Crippen LogP contribution in [0.4, 0.5) is 4.39 Å². The molecular weight excluding hydrogens is 419 g/mol. The number of thiophene rings is 1. The van der Waals surface area contributed by atoms with Crippen LogP contribution in [0.2, 0.25) is 0 Å². The van der Waals surface area contributed by atoms with E-state index in [1.165, 1.54) is 16.5 Å². The first kappa shape index (κ1) is 19.0. The van der Waals surface area contributed by atoms with Crippen LogP contribution >= 0.6 is 27.3 Å². The molecule has 0 fully saturated rings. The number of hydrogen-bond donors (Lipinski definition) is 1. The van der Waals surface area contributed by atoms with Gasteiger partial charge in [-0.3, -0.25) is 9.59 Å². The molecule has 0 atom stereocenters. The minimum atomic E-state index is -0.302. The summed E-state index contributed by atoms with van der Waals surface area (Å²) in [6.07, 6.45) is 1.94. The highest BCUT2D eigenvalue weighted by Gasteiger charge is 2.21.